The Labute approximate surface area is 102 Å². The van der Waals surface area contributed by atoms with E-state index in [-0.39, 0.29) is 12.5 Å². The maximum absolute atomic E-state index is 11.8. The Bertz CT molecular complexity index is 184. The first-order valence-corrected chi connectivity index (χ1v) is 6.95. The molecule has 0 aromatic carbocycles. The van der Waals surface area contributed by atoms with Crippen molar-refractivity contribution in [1.29, 1.82) is 0 Å². The fourth-order valence-corrected chi connectivity index (χ4v) is 2.18. The Morgan fingerprint density at radius 2 is 1.88 bits per heavy atom. The van der Waals surface area contributed by atoms with Crippen molar-refractivity contribution in [2.75, 3.05) is 31.2 Å². The second-order valence-corrected chi connectivity index (χ2v) is 4.76. The lowest BCUT2D eigenvalue weighted by Gasteiger charge is -2.21. The fourth-order valence-electron chi connectivity index (χ4n) is 1.33. The minimum absolute atomic E-state index is 0.124. The molecule has 1 unspecified atom stereocenters. The van der Waals surface area contributed by atoms with Gasteiger partial charge in [0.05, 0.1) is 18.5 Å². The highest BCUT2D eigenvalue weighted by molar-refractivity contribution is 7.99. The van der Waals surface area contributed by atoms with E-state index in [0.717, 1.165) is 25.9 Å². The van der Waals surface area contributed by atoms with Gasteiger partial charge in [0.15, 0.2) is 0 Å². The van der Waals surface area contributed by atoms with Crippen LogP contribution in [-0.2, 0) is 4.79 Å². The number of thioether (sulfide) groups is 1. The SMILES string of the molecule is CCCN(CCC)C(=O)CSCC(O)CO. The first kappa shape index (κ1) is 15.7. The summed E-state index contributed by atoms with van der Waals surface area (Å²) in [5.41, 5.74) is 0. The molecular formula is C11H23NO3S. The van der Waals surface area contributed by atoms with E-state index in [1.807, 2.05) is 4.90 Å². The van der Waals surface area contributed by atoms with Crippen LogP contribution in [-0.4, -0.2) is 58.3 Å². The molecular weight excluding hydrogens is 226 g/mol. The number of hydrogen-bond acceptors (Lipinski definition) is 4. The molecule has 0 bridgehead atoms. The quantitative estimate of drug-likeness (QED) is 0.632. The summed E-state index contributed by atoms with van der Waals surface area (Å²) in [6.45, 7) is 5.47. The molecule has 0 aliphatic carbocycles. The Balaban J connectivity index is 3.81. The third-order valence-corrected chi connectivity index (χ3v) is 3.16. The van der Waals surface area contributed by atoms with E-state index < -0.39 is 6.10 Å². The molecule has 0 aromatic heterocycles. The number of aliphatic hydroxyl groups excluding tert-OH is 2. The van der Waals surface area contributed by atoms with Crippen LogP contribution in [0.2, 0.25) is 0 Å². The van der Waals surface area contributed by atoms with Gasteiger partial charge in [-0.1, -0.05) is 13.8 Å². The monoisotopic (exact) mass is 249 g/mol. The van der Waals surface area contributed by atoms with Gasteiger partial charge in [-0.2, -0.15) is 0 Å². The summed E-state index contributed by atoms with van der Waals surface area (Å²) < 4.78 is 0. The van der Waals surface area contributed by atoms with Gasteiger partial charge in [0, 0.05) is 18.8 Å². The highest BCUT2D eigenvalue weighted by atomic mass is 32.2. The Morgan fingerprint density at radius 1 is 1.31 bits per heavy atom. The molecule has 0 radical (unpaired) electrons. The summed E-state index contributed by atoms with van der Waals surface area (Å²) in [7, 11) is 0. The van der Waals surface area contributed by atoms with Gasteiger partial charge in [-0.05, 0) is 12.8 Å². The molecule has 1 atom stereocenters. The minimum Gasteiger partial charge on any atom is -0.394 e. The van der Waals surface area contributed by atoms with Crippen LogP contribution in [0.25, 0.3) is 0 Å². The van der Waals surface area contributed by atoms with Gasteiger partial charge in [-0.15, -0.1) is 11.8 Å². The van der Waals surface area contributed by atoms with Crippen molar-refractivity contribution in [2.45, 2.75) is 32.8 Å². The molecule has 0 fully saturated rings. The van der Waals surface area contributed by atoms with Gasteiger partial charge in [0.25, 0.3) is 0 Å². The second kappa shape index (κ2) is 9.93. The van der Waals surface area contributed by atoms with Crippen molar-refractivity contribution in [3.05, 3.63) is 0 Å². The zero-order chi connectivity index (χ0) is 12.4. The summed E-state index contributed by atoms with van der Waals surface area (Å²) in [4.78, 5) is 13.6. The molecule has 5 heteroatoms. The topological polar surface area (TPSA) is 60.8 Å². The lowest BCUT2D eigenvalue weighted by molar-refractivity contribution is -0.128. The average Bonchev–Trinajstić information content (AvgIpc) is 2.28. The van der Waals surface area contributed by atoms with Crippen molar-refractivity contribution in [1.82, 2.24) is 4.90 Å². The van der Waals surface area contributed by atoms with E-state index in [9.17, 15) is 4.79 Å². The van der Waals surface area contributed by atoms with E-state index >= 15 is 0 Å². The molecule has 1 amide bonds. The number of hydrogen-bond donors (Lipinski definition) is 2. The smallest absolute Gasteiger partial charge is 0.232 e. The zero-order valence-electron chi connectivity index (χ0n) is 10.2. The molecule has 0 saturated carbocycles. The highest BCUT2D eigenvalue weighted by Crippen LogP contribution is 2.06. The van der Waals surface area contributed by atoms with Crippen molar-refractivity contribution in [2.24, 2.45) is 0 Å². The first-order valence-electron chi connectivity index (χ1n) is 5.80. The molecule has 0 spiro atoms. The molecule has 96 valence electrons. The van der Waals surface area contributed by atoms with Crippen molar-refractivity contribution in [3.8, 4) is 0 Å². The van der Waals surface area contributed by atoms with Crippen LogP contribution >= 0.6 is 11.8 Å². The number of amides is 1. The molecule has 0 aliphatic rings. The summed E-state index contributed by atoms with van der Waals surface area (Å²) >= 11 is 1.37. The summed E-state index contributed by atoms with van der Waals surface area (Å²) in [5, 5.41) is 17.7. The first-order chi connectivity index (χ1) is 7.65. The van der Waals surface area contributed by atoms with Crippen molar-refractivity contribution < 1.29 is 15.0 Å². The lowest BCUT2D eigenvalue weighted by atomic mass is 10.3. The zero-order valence-corrected chi connectivity index (χ0v) is 11.0. The number of aliphatic hydroxyl groups is 2. The van der Waals surface area contributed by atoms with Gasteiger partial charge in [0.1, 0.15) is 0 Å². The molecule has 0 rings (SSSR count). The second-order valence-electron chi connectivity index (χ2n) is 3.73. The number of rotatable bonds is 9. The van der Waals surface area contributed by atoms with E-state index in [1.54, 1.807) is 0 Å². The van der Waals surface area contributed by atoms with Gasteiger partial charge < -0.3 is 15.1 Å². The van der Waals surface area contributed by atoms with Crippen LogP contribution in [0.4, 0.5) is 0 Å². The minimum atomic E-state index is -0.719. The largest absolute Gasteiger partial charge is 0.394 e. The van der Waals surface area contributed by atoms with Crippen LogP contribution in [0.3, 0.4) is 0 Å². The van der Waals surface area contributed by atoms with E-state index in [0.29, 0.717) is 11.5 Å². The molecule has 4 nitrogen and oxygen atoms in total. The maximum Gasteiger partial charge on any atom is 0.232 e. The normalized spacial score (nSPS) is 12.5. The van der Waals surface area contributed by atoms with Gasteiger partial charge >= 0.3 is 0 Å². The predicted molar refractivity (Wildman–Crippen MR) is 67.6 cm³/mol. The van der Waals surface area contributed by atoms with Crippen molar-refractivity contribution in [3.63, 3.8) is 0 Å². The maximum atomic E-state index is 11.8. The third kappa shape index (κ3) is 7.09. The molecule has 0 heterocycles. The average molecular weight is 249 g/mol. The van der Waals surface area contributed by atoms with Gasteiger partial charge in [-0.25, -0.2) is 0 Å². The van der Waals surface area contributed by atoms with E-state index in [2.05, 4.69) is 13.8 Å². The van der Waals surface area contributed by atoms with E-state index in [1.165, 1.54) is 11.8 Å². The molecule has 0 saturated heterocycles. The standard InChI is InChI=1S/C11H23NO3S/c1-3-5-12(6-4-2)11(15)9-16-8-10(14)7-13/h10,13-14H,3-9H2,1-2H3. The lowest BCUT2D eigenvalue weighted by Crippen LogP contribution is -2.34. The molecule has 16 heavy (non-hydrogen) atoms. The molecule has 0 aliphatic heterocycles. The fraction of sp³-hybridized carbons (Fsp3) is 0.909. The Morgan fingerprint density at radius 3 is 2.31 bits per heavy atom. The third-order valence-electron chi connectivity index (χ3n) is 2.09. The number of nitrogens with zero attached hydrogens (tertiary/aromatic N) is 1. The van der Waals surface area contributed by atoms with Crippen LogP contribution in [0, 0.1) is 0 Å². The van der Waals surface area contributed by atoms with Crippen LogP contribution in [0.15, 0.2) is 0 Å². The van der Waals surface area contributed by atoms with Gasteiger partial charge in [-0.3, -0.25) is 4.79 Å². The summed E-state index contributed by atoms with van der Waals surface area (Å²) in [6, 6.07) is 0. The summed E-state index contributed by atoms with van der Waals surface area (Å²) in [6.07, 6.45) is 1.22. The highest BCUT2D eigenvalue weighted by Gasteiger charge is 2.12. The molecule has 2 N–H and O–H groups in total. The Hall–Kier alpha value is -0.260. The van der Waals surface area contributed by atoms with Crippen LogP contribution in [0.1, 0.15) is 26.7 Å². The van der Waals surface area contributed by atoms with Gasteiger partial charge in [0.2, 0.25) is 5.91 Å². The van der Waals surface area contributed by atoms with Crippen molar-refractivity contribution >= 4 is 17.7 Å². The summed E-state index contributed by atoms with van der Waals surface area (Å²) in [5.74, 6) is 0.921. The van der Waals surface area contributed by atoms with Crippen LogP contribution in [0.5, 0.6) is 0 Å². The number of carbonyl (C=O) groups is 1. The predicted octanol–water partition coefficient (Wildman–Crippen LogP) is 0.721. The van der Waals surface area contributed by atoms with E-state index in [4.69, 9.17) is 10.2 Å². The Kier molecular flexibility index (Phi) is 9.77. The van der Waals surface area contributed by atoms with Crippen LogP contribution < -0.4 is 0 Å². The number of carbonyl (C=O) groups excluding carboxylic acids is 1. The molecule has 0 aromatic rings.